The van der Waals surface area contributed by atoms with E-state index in [0.29, 0.717) is 0 Å². The number of nitrogens with zero attached hydrogens (tertiary/aromatic N) is 3. The molecule has 0 N–H and O–H groups in total. The zero-order valence-electron chi connectivity index (χ0n) is 25.6. The van der Waals surface area contributed by atoms with Gasteiger partial charge in [0.05, 0.1) is 16.2 Å². The van der Waals surface area contributed by atoms with Gasteiger partial charge in [0, 0.05) is 43.8 Å². The summed E-state index contributed by atoms with van der Waals surface area (Å²) in [5, 5.41) is 3.68. The molecule has 12 rings (SSSR count). The highest BCUT2D eigenvalue weighted by atomic mass is 32.2. The van der Waals surface area contributed by atoms with Crippen molar-refractivity contribution in [2.75, 3.05) is 4.90 Å². The summed E-state index contributed by atoms with van der Waals surface area (Å²) in [5.74, 6) is 1.80. The Morgan fingerprint density at radius 2 is 1.31 bits per heavy atom. The molecule has 220 valence electrons. The number of rotatable bonds is 1. The minimum absolute atomic E-state index is 0.0351. The number of fused-ring (bicyclic) bond motifs is 11. The Hall–Kier alpha value is -5.65. The fraction of sp³-hybridized carbons (Fsp3) is 0. The van der Waals surface area contributed by atoms with Crippen LogP contribution in [0.25, 0.3) is 27.5 Å². The van der Waals surface area contributed by atoms with Gasteiger partial charge in [0.15, 0.2) is 0 Å². The molecular formula is C41H23B2N3OS. The Kier molecular flexibility index (Phi) is 4.79. The van der Waals surface area contributed by atoms with Crippen LogP contribution in [0.2, 0.25) is 0 Å². The first-order chi connectivity index (χ1) is 23.8. The molecule has 6 aromatic carbocycles. The van der Waals surface area contributed by atoms with E-state index in [9.17, 15) is 0 Å². The predicted octanol–water partition coefficient (Wildman–Crippen LogP) is 5.88. The minimum Gasteiger partial charge on any atom is -0.458 e. The van der Waals surface area contributed by atoms with E-state index in [1.54, 1.807) is 0 Å². The monoisotopic (exact) mass is 627 g/mol. The van der Waals surface area contributed by atoms with Gasteiger partial charge in [-0.1, -0.05) is 96.7 Å². The second kappa shape index (κ2) is 9.03. The number of para-hydroxylation sites is 4. The van der Waals surface area contributed by atoms with Crippen LogP contribution in [0.3, 0.4) is 0 Å². The molecule has 0 amide bonds. The molecule has 7 heteroatoms. The van der Waals surface area contributed by atoms with Gasteiger partial charge in [-0.2, -0.15) is 0 Å². The average Bonchev–Trinajstić information content (AvgIpc) is 3.48. The van der Waals surface area contributed by atoms with Crippen LogP contribution in [-0.4, -0.2) is 23.0 Å². The lowest BCUT2D eigenvalue weighted by molar-refractivity contribution is 0.487. The van der Waals surface area contributed by atoms with Gasteiger partial charge >= 0.3 is 0 Å². The Balaban J connectivity index is 1.19. The van der Waals surface area contributed by atoms with Crippen LogP contribution in [0, 0.1) is 0 Å². The number of ether oxygens (including phenoxy) is 1. The van der Waals surface area contributed by atoms with Crippen molar-refractivity contribution >= 4 is 97.0 Å². The van der Waals surface area contributed by atoms with Crippen molar-refractivity contribution in [2.45, 2.75) is 9.92 Å². The predicted molar refractivity (Wildman–Crippen MR) is 200 cm³/mol. The highest BCUT2D eigenvalue weighted by Gasteiger charge is 2.46. The van der Waals surface area contributed by atoms with Crippen LogP contribution >= 0.6 is 11.8 Å². The molecule has 0 unspecified atom stereocenters. The van der Waals surface area contributed by atoms with Crippen molar-refractivity contribution in [2.24, 2.45) is 0 Å². The maximum Gasteiger partial charge on any atom is 0.279 e. The van der Waals surface area contributed by atoms with E-state index in [0.717, 1.165) is 44.6 Å². The number of hydrogen-bond donors (Lipinski definition) is 0. The van der Waals surface area contributed by atoms with Crippen molar-refractivity contribution in [3.8, 4) is 17.2 Å². The summed E-state index contributed by atoms with van der Waals surface area (Å²) in [7, 11) is 0. The summed E-state index contributed by atoms with van der Waals surface area (Å²) in [6, 6.07) is 50.6. The number of anilines is 3. The van der Waals surface area contributed by atoms with Gasteiger partial charge < -0.3 is 14.2 Å². The third kappa shape index (κ3) is 3.08. The Bertz CT molecular complexity index is 2720. The van der Waals surface area contributed by atoms with Crippen LogP contribution in [0.15, 0.2) is 149 Å². The SMILES string of the molecule is c1ccc(N2c3cc4c(nc3B3c5ccccc5Oc5cccc2c53)Sc2cccc3c2B4c2cccc4c5ccccc5n-3c24)cc1. The molecule has 6 heterocycles. The minimum atomic E-state index is -0.0351. The smallest absolute Gasteiger partial charge is 0.279 e. The Labute approximate surface area is 281 Å². The molecule has 0 spiro atoms. The van der Waals surface area contributed by atoms with Gasteiger partial charge in [0.1, 0.15) is 11.5 Å². The first-order valence-corrected chi connectivity index (χ1v) is 17.3. The van der Waals surface area contributed by atoms with Crippen molar-refractivity contribution < 1.29 is 4.74 Å². The van der Waals surface area contributed by atoms with Gasteiger partial charge in [-0.15, -0.1) is 0 Å². The van der Waals surface area contributed by atoms with Crippen LogP contribution in [0.5, 0.6) is 11.5 Å². The molecule has 4 nitrogen and oxygen atoms in total. The van der Waals surface area contributed by atoms with Crippen molar-refractivity contribution in [3.05, 3.63) is 140 Å². The molecule has 0 saturated heterocycles. The Morgan fingerprint density at radius 1 is 0.562 bits per heavy atom. The summed E-state index contributed by atoms with van der Waals surface area (Å²) in [4.78, 5) is 9.41. The van der Waals surface area contributed by atoms with Gasteiger partial charge in [-0.05, 0) is 81.9 Å². The summed E-state index contributed by atoms with van der Waals surface area (Å²) in [5.41, 5.74) is 14.6. The van der Waals surface area contributed by atoms with E-state index < -0.39 is 0 Å². The van der Waals surface area contributed by atoms with Crippen molar-refractivity contribution in [3.63, 3.8) is 0 Å². The zero-order chi connectivity index (χ0) is 31.1. The van der Waals surface area contributed by atoms with Crippen LogP contribution in [0.1, 0.15) is 0 Å². The van der Waals surface area contributed by atoms with Crippen LogP contribution in [0.4, 0.5) is 17.1 Å². The summed E-state index contributed by atoms with van der Waals surface area (Å²) < 4.78 is 9.07. The van der Waals surface area contributed by atoms with Crippen LogP contribution in [-0.2, 0) is 0 Å². The molecule has 8 aromatic rings. The lowest BCUT2D eigenvalue weighted by atomic mass is 9.34. The van der Waals surface area contributed by atoms with E-state index >= 15 is 0 Å². The normalized spacial score (nSPS) is 14.2. The largest absolute Gasteiger partial charge is 0.458 e. The van der Waals surface area contributed by atoms with Gasteiger partial charge in [-0.25, -0.2) is 0 Å². The fourth-order valence-electron chi connectivity index (χ4n) is 8.87. The fourth-order valence-corrected chi connectivity index (χ4v) is 10.00. The quantitative estimate of drug-likeness (QED) is 0.213. The molecule has 0 aliphatic carbocycles. The van der Waals surface area contributed by atoms with E-state index in [4.69, 9.17) is 9.72 Å². The second-order valence-electron chi connectivity index (χ2n) is 13.0. The standard InChI is InChI=1S/C41H23B2N3OS/c1-2-11-24(12-3-1)45-31-18-9-21-35-37(31)43(27-15-5-7-20-34(27)47-35)40-33(45)23-29-41(44-40)48-36-22-10-19-32-38(36)42(29)28-16-8-14-26-25-13-4-6-17-30(25)46(32)39(26)28/h1-23H. The van der Waals surface area contributed by atoms with E-state index in [1.807, 2.05) is 11.8 Å². The van der Waals surface area contributed by atoms with Gasteiger partial charge in [0.2, 0.25) is 0 Å². The molecule has 0 bridgehead atoms. The lowest BCUT2D eigenvalue weighted by Gasteiger charge is -2.40. The molecular weight excluding hydrogens is 604 g/mol. The van der Waals surface area contributed by atoms with Gasteiger partial charge in [0.25, 0.3) is 13.4 Å². The number of aromatic nitrogens is 2. The molecule has 2 aromatic heterocycles. The first kappa shape index (κ1) is 25.4. The lowest BCUT2D eigenvalue weighted by Crippen LogP contribution is -2.63. The first-order valence-electron chi connectivity index (χ1n) is 16.5. The van der Waals surface area contributed by atoms with Crippen molar-refractivity contribution in [1.29, 1.82) is 0 Å². The third-order valence-corrected chi connectivity index (χ3v) is 11.8. The summed E-state index contributed by atoms with van der Waals surface area (Å²) in [6.45, 7) is 0.0326. The van der Waals surface area contributed by atoms with Gasteiger partial charge in [-0.3, -0.25) is 4.98 Å². The Morgan fingerprint density at radius 3 is 2.27 bits per heavy atom. The molecule has 4 aliphatic heterocycles. The highest BCUT2D eigenvalue weighted by Crippen LogP contribution is 2.42. The molecule has 4 aliphatic rings. The molecule has 48 heavy (non-hydrogen) atoms. The summed E-state index contributed by atoms with van der Waals surface area (Å²) in [6.07, 6.45) is 0. The number of benzene rings is 6. The molecule has 0 radical (unpaired) electrons. The number of pyridine rings is 1. The zero-order valence-corrected chi connectivity index (χ0v) is 26.4. The average molecular weight is 627 g/mol. The number of hydrogen-bond acceptors (Lipinski definition) is 4. The summed E-state index contributed by atoms with van der Waals surface area (Å²) >= 11 is 1.81. The van der Waals surface area contributed by atoms with Crippen LogP contribution < -0.4 is 42.5 Å². The second-order valence-corrected chi connectivity index (χ2v) is 14.1. The molecule has 0 fully saturated rings. The maximum absolute atomic E-state index is 6.57. The van der Waals surface area contributed by atoms with E-state index in [1.165, 1.54) is 54.2 Å². The van der Waals surface area contributed by atoms with E-state index in [-0.39, 0.29) is 13.4 Å². The molecule has 0 atom stereocenters. The topological polar surface area (TPSA) is 30.3 Å². The maximum atomic E-state index is 6.57. The highest BCUT2D eigenvalue weighted by molar-refractivity contribution is 8.00. The van der Waals surface area contributed by atoms with Crippen molar-refractivity contribution in [1.82, 2.24) is 9.55 Å². The van der Waals surface area contributed by atoms with E-state index in [2.05, 4.69) is 149 Å². The third-order valence-electron chi connectivity index (χ3n) is 10.7. The molecule has 0 saturated carbocycles.